The second-order valence-corrected chi connectivity index (χ2v) is 4.02. The van der Waals surface area contributed by atoms with Gasteiger partial charge in [0.1, 0.15) is 0 Å². The number of aryl methyl sites for hydroxylation is 1. The minimum Gasteiger partial charge on any atom is -0.269 e. The van der Waals surface area contributed by atoms with Crippen LogP contribution in [0.4, 0.5) is 8.78 Å². The van der Waals surface area contributed by atoms with Gasteiger partial charge >= 0.3 is 0 Å². The summed E-state index contributed by atoms with van der Waals surface area (Å²) < 4.78 is 27.6. The number of alkyl halides is 2. The van der Waals surface area contributed by atoms with E-state index in [0.717, 1.165) is 5.69 Å². The van der Waals surface area contributed by atoms with Crippen molar-refractivity contribution in [3.8, 4) is 0 Å². The number of hydrogen-bond donors (Lipinski definition) is 0. The van der Waals surface area contributed by atoms with Gasteiger partial charge in [0, 0.05) is 19.0 Å². The second-order valence-electron chi connectivity index (χ2n) is 4.02. The van der Waals surface area contributed by atoms with Gasteiger partial charge in [0.2, 0.25) is 5.92 Å². The van der Waals surface area contributed by atoms with Crippen LogP contribution in [0.1, 0.15) is 37.4 Å². The lowest BCUT2D eigenvalue weighted by atomic mass is 9.92. The van der Waals surface area contributed by atoms with E-state index in [-0.39, 0.29) is 18.9 Å². The van der Waals surface area contributed by atoms with Crippen molar-refractivity contribution in [1.29, 1.82) is 0 Å². The predicted octanol–water partition coefficient (Wildman–Crippen LogP) is 2.94. The first-order valence-corrected chi connectivity index (χ1v) is 4.96. The highest BCUT2D eigenvalue weighted by atomic mass is 19.3. The molecular formula is C10H14F2N2. The molecule has 0 radical (unpaired) electrons. The maximum atomic E-state index is 12.9. The van der Waals surface area contributed by atoms with Crippen LogP contribution in [0.2, 0.25) is 0 Å². The van der Waals surface area contributed by atoms with Gasteiger partial charge in [0.25, 0.3) is 0 Å². The molecule has 1 aromatic heterocycles. The Morgan fingerprint density at radius 3 is 2.57 bits per heavy atom. The summed E-state index contributed by atoms with van der Waals surface area (Å²) in [7, 11) is 0. The summed E-state index contributed by atoms with van der Waals surface area (Å²) in [6, 6.07) is 2.08. The molecule has 0 amide bonds. The van der Waals surface area contributed by atoms with Gasteiger partial charge in [-0.25, -0.2) is 8.78 Å². The fourth-order valence-corrected chi connectivity index (χ4v) is 1.93. The first kappa shape index (κ1) is 9.62. The molecule has 14 heavy (non-hydrogen) atoms. The van der Waals surface area contributed by atoms with Gasteiger partial charge < -0.3 is 0 Å². The fourth-order valence-electron chi connectivity index (χ4n) is 1.93. The van der Waals surface area contributed by atoms with E-state index >= 15 is 0 Å². The van der Waals surface area contributed by atoms with Gasteiger partial charge in [0.05, 0.1) is 11.7 Å². The molecule has 0 aromatic carbocycles. The van der Waals surface area contributed by atoms with Gasteiger partial charge in [0.15, 0.2) is 0 Å². The average Bonchev–Trinajstić information content (AvgIpc) is 2.52. The van der Waals surface area contributed by atoms with Crippen molar-refractivity contribution < 1.29 is 8.78 Å². The quantitative estimate of drug-likeness (QED) is 0.681. The largest absolute Gasteiger partial charge is 0.269 e. The van der Waals surface area contributed by atoms with Crippen LogP contribution < -0.4 is 0 Å². The number of halogens is 2. The number of hydrogen-bond acceptors (Lipinski definition) is 1. The van der Waals surface area contributed by atoms with Crippen LogP contribution in [0.3, 0.4) is 0 Å². The average molecular weight is 200 g/mol. The first-order chi connectivity index (χ1) is 6.57. The van der Waals surface area contributed by atoms with E-state index in [0.29, 0.717) is 12.8 Å². The van der Waals surface area contributed by atoms with Gasteiger partial charge in [-0.2, -0.15) is 5.10 Å². The van der Waals surface area contributed by atoms with Crippen molar-refractivity contribution >= 4 is 0 Å². The fraction of sp³-hybridized carbons (Fsp3) is 0.700. The first-order valence-electron chi connectivity index (χ1n) is 4.96. The molecule has 1 aliphatic rings. The molecule has 0 bridgehead atoms. The molecule has 0 aliphatic heterocycles. The molecule has 0 N–H and O–H groups in total. The molecule has 78 valence electrons. The highest BCUT2D eigenvalue weighted by Gasteiger charge is 2.35. The lowest BCUT2D eigenvalue weighted by Gasteiger charge is -2.28. The minimum absolute atomic E-state index is 0.00340. The molecule has 4 heteroatoms. The topological polar surface area (TPSA) is 17.8 Å². The predicted molar refractivity (Wildman–Crippen MR) is 49.4 cm³/mol. The summed E-state index contributed by atoms with van der Waals surface area (Å²) in [6.07, 6.45) is 2.94. The lowest BCUT2D eigenvalue weighted by molar-refractivity contribution is -0.0450. The molecule has 1 aliphatic carbocycles. The Bertz CT molecular complexity index is 310. The molecule has 0 spiro atoms. The summed E-state index contributed by atoms with van der Waals surface area (Å²) in [4.78, 5) is 0. The van der Waals surface area contributed by atoms with Crippen molar-refractivity contribution in [3.63, 3.8) is 0 Å². The van der Waals surface area contributed by atoms with Crippen LogP contribution >= 0.6 is 0 Å². The summed E-state index contributed by atoms with van der Waals surface area (Å²) in [5.41, 5.74) is 0.947. The Labute approximate surface area is 81.9 Å². The molecule has 0 atom stereocenters. The SMILES string of the molecule is Cc1ccn(C2CCC(F)(F)CC2)n1. The normalized spacial score (nSPS) is 22.5. The molecular weight excluding hydrogens is 186 g/mol. The van der Waals surface area contributed by atoms with E-state index in [1.54, 1.807) is 0 Å². The molecule has 1 fully saturated rings. The Kier molecular flexibility index (Phi) is 2.29. The minimum atomic E-state index is -2.45. The monoisotopic (exact) mass is 200 g/mol. The van der Waals surface area contributed by atoms with E-state index in [1.165, 1.54) is 0 Å². The number of aromatic nitrogens is 2. The van der Waals surface area contributed by atoms with Crippen molar-refractivity contribution in [2.45, 2.75) is 44.6 Å². The molecule has 1 saturated carbocycles. The van der Waals surface area contributed by atoms with Crippen LogP contribution in [0.25, 0.3) is 0 Å². The van der Waals surface area contributed by atoms with Crippen LogP contribution in [-0.4, -0.2) is 15.7 Å². The van der Waals surface area contributed by atoms with E-state index < -0.39 is 5.92 Å². The van der Waals surface area contributed by atoms with Crippen molar-refractivity contribution in [2.75, 3.05) is 0 Å². The molecule has 1 aromatic rings. The molecule has 0 unspecified atom stereocenters. The van der Waals surface area contributed by atoms with Crippen molar-refractivity contribution in [1.82, 2.24) is 9.78 Å². The van der Waals surface area contributed by atoms with E-state index in [1.807, 2.05) is 23.9 Å². The van der Waals surface area contributed by atoms with Crippen molar-refractivity contribution in [3.05, 3.63) is 18.0 Å². The van der Waals surface area contributed by atoms with Gasteiger partial charge in [-0.05, 0) is 25.8 Å². The van der Waals surface area contributed by atoms with Crippen LogP contribution in [0.5, 0.6) is 0 Å². The second kappa shape index (κ2) is 3.33. The zero-order chi connectivity index (χ0) is 10.2. The van der Waals surface area contributed by atoms with E-state index in [9.17, 15) is 8.78 Å². The summed E-state index contributed by atoms with van der Waals surface area (Å²) >= 11 is 0. The highest BCUT2D eigenvalue weighted by Crippen LogP contribution is 2.37. The van der Waals surface area contributed by atoms with Crippen molar-refractivity contribution in [2.24, 2.45) is 0 Å². The number of rotatable bonds is 1. The van der Waals surface area contributed by atoms with Crippen LogP contribution in [0, 0.1) is 6.92 Å². The zero-order valence-electron chi connectivity index (χ0n) is 8.21. The smallest absolute Gasteiger partial charge is 0.248 e. The highest BCUT2D eigenvalue weighted by molar-refractivity contribution is 4.96. The third-order valence-corrected chi connectivity index (χ3v) is 2.80. The Balaban J connectivity index is 2.02. The van der Waals surface area contributed by atoms with Crippen LogP contribution in [0.15, 0.2) is 12.3 Å². The number of nitrogens with zero attached hydrogens (tertiary/aromatic N) is 2. The molecule has 0 saturated heterocycles. The summed E-state index contributed by atoms with van der Waals surface area (Å²) in [5, 5.41) is 4.25. The molecule has 2 rings (SSSR count). The Hall–Kier alpha value is -0.930. The van der Waals surface area contributed by atoms with Gasteiger partial charge in [-0.15, -0.1) is 0 Å². The van der Waals surface area contributed by atoms with E-state index in [4.69, 9.17) is 0 Å². The van der Waals surface area contributed by atoms with Gasteiger partial charge in [-0.3, -0.25) is 4.68 Å². The zero-order valence-corrected chi connectivity index (χ0v) is 8.21. The third-order valence-electron chi connectivity index (χ3n) is 2.80. The third kappa shape index (κ3) is 1.94. The standard InChI is InChI=1S/C10H14F2N2/c1-8-4-7-14(13-8)9-2-5-10(11,12)6-3-9/h4,7,9H,2-3,5-6H2,1H3. The van der Waals surface area contributed by atoms with Gasteiger partial charge in [-0.1, -0.05) is 0 Å². The Morgan fingerprint density at radius 2 is 2.07 bits per heavy atom. The maximum absolute atomic E-state index is 12.9. The Morgan fingerprint density at radius 1 is 1.43 bits per heavy atom. The maximum Gasteiger partial charge on any atom is 0.248 e. The lowest BCUT2D eigenvalue weighted by Crippen LogP contribution is -2.26. The van der Waals surface area contributed by atoms with E-state index in [2.05, 4.69) is 5.10 Å². The molecule has 1 heterocycles. The molecule has 2 nitrogen and oxygen atoms in total. The van der Waals surface area contributed by atoms with Crippen LogP contribution in [-0.2, 0) is 0 Å². The summed E-state index contributed by atoms with van der Waals surface area (Å²) in [5.74, 6) is -2.45. The summed E-state index contributed by atoms with van der Waals surface area (Å²) in [6.45, 7) is 1.91.